The molecule has 2 N–H and O–H groups in total. The summed E-state index contributed by atoms with van der Waals surface area (Å²) in [4.78, 5) is 0. The number of hydrogen-bond acceptors (Lipinski definition) is 2. The summed E-state index contributed by atoms with van der Waals surface area (Å²) in [6, 6.07) is 8.98. The van der Waals surface area contributed by atoms with Crippen molar-refractivity contribution in [3.8, 4) is 0 Å². The molecule has 0 radical (unpaired) electrons. The average Bonchev–Trinajstić information content (AvgIpc) is 2.83. The molecule has 0 amide bonds. The van der Waals surface area contributed by atoms with E-state index in [-0.39, 0.29) is 6.04 Å². The number of para-hydroxylation sites is 1. The van der Waals surface area contributed by atoms with Gasteiger partial charge in [0.2, 0.25) is 0 Å². The molecule has 0 aliphatic heterocycles. The zero-order valence-electron chi connectivity index (χ0n) is 8.63. The predicted molar refractivity (Wildman–Crippen MR) is 60.6 cm³/mol. The Morgan fingerprint density at radius 1 is 1.27 bits per heavy atom. The van der Waals surface area contributed by atoms with E-state index in [9.17, 15) is 0 Å². The van der Waals surface area contributed by atoms with Gasteiger partial charge in [-0.15, -0.1) is 0 Å². The van der Waals surface area contributed by atoms with E-state index in [1.165, 1.54) is 17.3 Å². The second-order valence-corrected chi connectivity index (χ2v) is 4.31. The van der Waals surface area contributed by atoms with Gasteiger partial charge < -0.3 is 5.73 Å². The van der Waals surface area contributed by atoms with E-state index < -0.39 is 0 Å². The van der Waals surface area contributed by atoms with Crippen molar-refractivity contribution < 1.29 is 0 Å². The normalized spacial score (nSPS) is 26.2. The highest BCUT2D eigenvalue weighted by molar-refractivity contribution is 5.78. The van der Waals surface area contributed by atoms with E-state index in [4.69, 9.17) is 5.73 Å². The smallest absolute Gasteiger partial charge is 0.0686 e. The fourth-order valence-electron chi connectivity index (χ4n) is 2.53. The van der Waals surface area contributed by atoms with Crippen LogP contribution in [-0.2, 0) is 0 Å². The molecule has 1 heterocycles. The Balaban J connectivity index is 2.10. The number of nitrogens with zero attached hydrogens (tertiary/aromatic N) is 2. The second-order valence-electron chi connectivity index (χ2n) is 4.31. The topological polar surface area (TPSA) is 43.8 Å². The minimum Gasteiger partial charge on any atom is -0.326 e. The highest BCUT2D eigenvalue weighted by atomic mass is 15.3. The molecule has 1 aromatic carbocycles. The summed E-state index contributed by atoms with van der Waals surface area (Å²) in [5, 5.41) is 5.67. The minimum absolute atomic E-state index is 0.272. The summed E-state index contributed by atoms with van der Waals surface area (Å²) in [5.74, 6) is 0. The number of aromatic nitrogens is 2. The summed E-state index contributed by atoms with van der Waals surface area (Å²) >= 11 is 0. The molecule has 1 aliphatic rings. The SMILES string of the molecule is NC1CCCC1n1ncc2ccccc21. The van der Waals surface area contributed by atoms with Crippen molar-refractivity contribution in [1.29, 1.82) is 0 Å². The van der Waals surface area contributed by atoms with Crippen molar-refractivity contribution in [2.75, 3.05) is 0 Å². The molecule has 1 saturated carbocycles. The van der Waals surface area contributed by atoms with E-state index in [1.54, 1.807) is 0 Å². The molecule has 15 heavy (non-hydrogen) atoms. The van der Waals surface area contributed by atoms with Crippen molar-refractivity contribution in [2.45, 2.75) is 31.3 Å². The standard InChI is InChI=1S/C12H15N3/c13-10-5-3-7-12(10)15-11-6-2-1-4-9(11)8-14-15/h1-2,4,6,8,10,12H,3,5,7,13H2. The van der Waals surface area contributed by atoms with Gasteiger partial charge in [-0.05, 0) is 25.3 Å². The zero-order chi connectivity index (χ0) is 10.3. The van der Waals surface area contributed by atoms with Crippen LogP contribution in [0.15, 0.2) is 30.5 Å². The van der Waals surface area contributed by atoms with E-state index in [2.05, 4.69) is 28.0 Å². The van der Waals surface area contributed by atoms with Gasteiger partial charge in [-0.3, -0.25) is 4.68 Å². The van der Waals surface area contributed by atoms with Crippen LogP contribution in [0.3, 0.4) is 0 Å². The van der Waals surface area contributed by atoms with Crippen LogP contribution in [0.4, 0.5) is 0 Å². The first-order chi connectivity index (χ1) is 7.36. The minimum atomic E-state index is 0.272. The first kappa shape index (κ1) is 8.92. The molecule has 2 aromatic rings. The van der Waals surface area contributed by atoms with Gasteiger partial charge in [0, 0.05) is 11.4 Å². The third-order valence-electron chi connectivity index (χ3n) is 3.35. The molecule has 1 fully saturated rings. The van der Waals surface area contributed by atoms with Crippen molar-refractivity contribution in [3.63, 3.8) is 0 Å². The molecule has 78 valence electrons. The Kier molecular flexibility index (Phi) is 1.99. The molecule has 3 nitrogen and oxygen atoms in total. The lowest BCUT2D eigenvalue weighted by atomic mass is 10.2. The molecular weight excluding hydrogens is 186 g/mol. The lowest BCUT2D eigenvalue weighted by Gasteiger charge is -2.16. The fourth-order valence-corrected chi connectivity index (χ4v) is 2.53. The molecule has 2 atom stereocenters. The predicted octanol–water partition coefficient (Wildman–Crippen LogP) is 2.09. The molecule has 3 heteroatoms. The van der Waals surface area contributed by atoms with Gasteiger partial charge in [0.1, 0.15) is 0 Å². The molecule has 0 saturated heterocycles. The van der Waals surface area contributed by atoms with E-state index >= 15 is 0 Å². The Morgan fingerprint density at radius 3 is 2.93 bits per heavy atom. The quantitative estimate of drug-likeness (QED) is 0.767. The Hall–Kier alpha value is -1.35. The van der Waals surface area contributed by atoms with Gasteiger partial charge in [-0.2, -0.15) is 5.10 Å². The van der Waals surface area contributed by atoms with Gasteiger partial charge in [-0.1, -0.05) is 18.2 Å². The summed E-state index contributed by atoms with van der Waals surface area (Å²) < 4.78 is 2.10. The van der Waals surface area contributed by atoms with Crippen molar-refractivity contribution in [1.82, 2.24) is 9.78 Å². The molecule has 2 unspecified atom stereocenters. The highest BCUT2D eigenvalue weighted by Gasteiger charge is 2.26. The Bertz CT molecular complexity index is 474. The lowest BCUT2D eigenvalue weighted by molar-refractivity contribution is 0.434. The maximum absolute atomic E-state index is 6.10. The van der Waals surface area contributed by atoms with Crippen LogP contribution in [0, 0.1) is 0 Å². The Morgan fingerprint density at radius 2 is 2.13 bits per heavy atom. The largest absolute Gasteiger partial charge is 0.326 e. The van der Waals surface area contributed by atoms with Crippen molar-refractivity contribution >= 4 is 10.9 Å². The summed E-state index contributed by atoms with van der Waals surface area (Å²) in [5.41, 5.74) is 7.31. The highest BCUT2D eigenvalue weighted by Crippen LogP contribution is 2.30. The van der Waals surface area contributed by atoms with Gasteiger partial charge in [0.15, 0.2) is 0 Å². The zero-order valence-corrected chi connectivity index (χ0v) is 8.63. The Labute approximate surface area is 88.9 Å². The fraction of sp³-hybridized carbons (Fsp3) is 0.417. The summed E-state index contributed by atoms with van der Waals surface area (Å²) in [6.45, 7) is 0. The summed E-state index contributed by atoms with van der Waals surface area (Å²) in [7, 11) is 0. The van der Waals surface area contributed by atoms with E-state index in [0.717, 1.165) is 12.8 Å². The van der Waals surface area contributed by atoms with Crippen LogP contribution in [-0.4, -0.2) is 15.8 Å². The van der Waals surface area contributed by atoms with E-state index in [0.29, 0.717) is 6.04 Å². The van der Waals surface area contributed by atoms with E-state index in [1.807, 2.05) is 12.3 Å². The number of benzene rings is 1. The van der Waals surface area contributed by atoms with Crippen LogP contribution in [0.2, 0.25) is 0 Å². The third kappa shape index (κ3) is 1.35. The average molecular weight is 201 g/mol. The third-order valence-corrected chi connectivity index (χ3v) is 3.35. The molecule has 1 aliphatic carbocycles. The van der Waals surface area contributed by atoms with Crippen molar-refractivity contribution in [3.05, 3.63) is 30.5 Å². The molecule has 0 spiro atoms. The maximum atomic E-state index is 6.10. The van der Waals surface area contributed by atoms with Gasteiger partial charge >= 0.3 is 0 Å². The lowest BCUT2D eigenvalue weighted by Crippen LogP contribution is -2.27. The number of rotatable bonds is 1. The summed E-state index contributed by atoms with van der Waals surface area (Å²) in [6.07, 6.45) is 5.44. The van der Waals surface area contributed by atoms with Gasteiger partial charge in [0.25, 0.3) is 0 Å². The molecule has 1 aromatic heterocycles. The number of fused-ring (bicyclic) bond motifs is 1. The molecule has 0 bridgehead atoms. The molecule has 3 rings (SSSR count). The van der Waals surface area contributed by atoms with Crippen LogP contribution >= 0.6 is 0 Å². The molecular formula is C12H15N3. The second kappa shape index (κ2) is 3.35. The first-order valence-electron chi connectivity index (χ1n) is 5.54. The van der Waals surface area contributed by atoms with Crippen LogP contribution in [0.5, 0.6) is 0 Å². The van der Waals surface area contributed by atoms with Gasteiger partial charge in [-0.25, -0.2) is 0 Å². The van der Waals surface area contributed by atoms with Crippen LogP contribution in [0.25, 0.3) is 10.9 Å². The van der Waals surface area contributed by atoms with Gasteiger partial charge in [0.05, 0.1) is 17.8 Å². The maximum Gasteiger partial charge on any atom is 0.0686 e. The monoisotopic (exact) mass is 201 g/mol. The van der Waals surface area contributed by atoms with Crippen LogP contribution in [0.1, 0.15) is 25.3 Å². The van der Waals surface area contributed by atoms with Crippen molar-refractivity contribution in [2.24, 2.45) is 5.73 Å². The number of nitrogens with two attached hydrogens (primary N) is 1. The first-order valence-corrected chi connectivity index (χ1v) is 5.54. The number of hydrogen-bond donors (Lipinski definition) is 1. The van der Waals surface area contributed by atoms with Crippen LogP contribution < -0.4 is 5.73 Å².